The molecule has 2 N–H and O–H groups in total. The van der Waals surface area contributed by atoms with Crippen LogP contribution in [0.1, 0.15) is 106 Å². The van der Waals surface area contributed by atoms with Gasteiger partial charge in [-0.05, 0) is 156 Å². The Morgan fingerprint density at radius 2 is 1.64 bits per heavy atom. The lowest BCUT2D eigenvalue weighted by molar-refractivity contribution is -0.230. The molecule has 2 heterocycles. The Kier molecular flexibility index (Phi) is 8.14. The lowest BCUT2D eigenvalue weighted by Gasteiger charge is -2.72. The summed E-state index contributed by atoms with van der Waals surface area (Å²) >= 11 is 0. The molecule has 4 aliphatic carbocycles. The monoisotopic (exact) mass is 601 g/mol. The number of piperidine rings is 1. The second kappa shape index (κ2) is 10.8. The first-order chi connectivity index (χ1) is 19.7. The first-order valence-corrected chi connectivity index (χ1v) is 19.5. The van der Waals surface area contributed by atoms with Gasteiger partial charge in [0, 0.05) is 25.2 Å². The van der Waals surface area contributed by atoms with Crippen LogP contribution in [0.15, 0.2) is 12.2 Å². The molecule has 2 saturated heterocycles. The van der Waals surface area contributed by atoms with E-state index in [-0.39, 0.29) is 5.54 Å². The molecule has 0 aromatic carbocycles. The molecule has 0 bridgehead atoms. The van der Waals surface area contributed by atoms with Crippen molar-refractivity contribution in [2.45, 2.75) is 111 Å². The van der Waals surface area contributed by atoms with Gasteiger partial charge in [-0.2, -0.15) is 0 Å². The molecule has 42 heavy (non-hydrogen) atoms. The molecule has 0 spiro atoms. The van der Waals surface area contributed by atoms with Crippen LogP contribution in [0.25, 0.3) is 0 Å². The van der Waals surface area contributed by atoms with E-state index in [0.717, 1.165) is 49.7 Å². The molecule has 6 fully saturated rings. The zero-order valence-electron chi connectivity index (χ0n) is 28.0. The van der Waals surface area contributed by atoms with Crippen molar-refractivity contribution in [2.24, 2.45) is 51.2 Å². The lowest BCUT2D eigenvalue weighted by Crippen LogP contribution is -2.69. The highest BCUT2D eigenvalue weighted by Crippen LogP contribution is 2.76. The van der Waals surface area contributed by atoms with Gasteiger partial charge in [-0.3, -0.25) is 0 Å². The van der Waals surface area contributed by atoms with Crippen molar-refractivity contribution in [3.05, 3.63) is 12.2 Å². The second-order valence-electron chi connectivity index (χ2n) is 17.5. The maximum atomic E-state index is 11.8. The molecule has 0 amide bonds. The lowest BCUT2D eigenvalue weighted by atomic mass is 9.33. The maximum Gasteiger partial charge on any atom is 0.152 e. The van der Waals surface area contributed by atoms with Gasteiger partial charge in [0.1, 0.15) is 0 Å². The minimum atomic E-state index is -2.80. The number of sulfone groups is 1. The van der Waals surface area contributed by atoms with Crippen molar-refractivity contribution >= 4 is 9.84 Å². The molecular weight excluding hydrogens is 538 g/mol. The summed E-state index contributed by atoms with van der Waals surface area (Å²) in [7, 11) is -2.80. The van der Waals surface area contributed by atoms with Crippen LogP contribution in [0.5, 0.6) is 0 Å². The fourth-order valence-electron chi connectivity index (χ4n) is 13.0. The highest BCUT2D eigenvalue weighted by Gasteiger charge is 2.70. The molecular formula is C36H63N3O2S. The summed E-state index contributed by atoms with van der Waals surface area (Å²) < 4.78 is 23.6. The smallest absolute Gasteiger partial charge is 0.152 e. The Balaban J connectivity index is 1.18. The first-order valence-electron chi connectivity index (χ1n) is 17.7. The van der Waals surface area contributed by atoms with Crippen LogP contribution in [0.4, 0.5) is 0 Å². The highest BCUT2D eigenvalue weighted by molar-refractivity contribution is 7.91. The van der Waals surface area contributed by atoms with Gasteiger partial charge in [-0.15, -0.1) is 0 Å². The third kappa shape index (κ3) is 4.90. The van der Waals surface area contributed by atoms with Crippen LogP contribution >= 0.6 is 0 Å². The van der Waals surface area contributed by atoms with E-state index in [4.69, 9.17) is 0 Å². The van der Waals surface area contributed by atoms with E-state index < -0.39 is 9.84 Å². The predicted octanol–water partition coefficient (Wildman–Crippen LogP) is 6.31. The fraction of sp³-hybridized carbons (Fsp3) is 0.944. The molecule has 0 aromatic heterocycles. The Labute approximate surface area is 258 Å². The van der Waals surface area contributed by atoms with E-state index in [9.17, 15) is 8.42 Å². The molecule has 6 heteroatoms. The summed E-state index contributed by atoms with van der Waals surface area (Å²) in [6.07, 6.45) is 13.6. The van der Waals surface area contributed by atoms with Crippen molar-refractivity contribution in [3.8, 4) is 0 Å². The van der Waals surface area contributed by atoms with E-state index in [0.29, 0.717) is 52.2 Å². The molecule has 4 saturated carbocycles. The van der Waals surface area contributed by atoms with E-state index in [1.807, 2.05) is 0 Å². The van der Waals surface area contributed by atoms with Gasteiger partial charge >= 0.3 is 0 Å². The van der Waals surface area contributed by atoms with E-state index in [2.05, 4.69) is 63.7 Å². The second-order valence-corrected chi connectivity index (χ2v) is 19.8. The zero-order valence-corrected chi connectivity index (χ0v) is 28.8. The molecule has 6 aliphatic rings. The van der Waals surface area contributed by atoms with Gasteiger partial charge in [0.2, 0.25) is 0 Å². The van der Waals surface area contributed by atoms with Crippen molar-refractivity contribution in [2.75, 3.05) is 50.8 Å². The summed E-state index contributed by atoms with van der Waals surface area (Å²) in [6.45, 7) is 25.9. The van der Waals surface area contributed by atoms with Crippen molar-refractivity contribution in [1.82, 2.24) is 15.5 Å². The summed E-state index contributed by atoms with van der Waals surface area (Å²) in [5.74, 6) is 4.55. The van der Waals surface area contributed by atoms with Crippen LogP contribution in [0, 0.1) is 51.2 Å². The normalized spacial score (nSPS) is 48.0. The van der Waals surface area contributed by atoms with Crippen LogP contribution < -0.4 is 10.6 Å². The van der Waals surface area contributed by atoms with Crippen LogP contribution in [0.3, 0.4) is 0 Å². The van der Waals surface area contributed by atoms with Crippen LogP contribution in [-0.4, -0.2) is 69.6 Å². The third-order valence-electron chi connectivity index (χ3n) is 15.4. The fourth-order valence-corrected chi connectivity index (χ4v) is 14.3. The average Bonchev–Trinajstić information content (AvgIpc) is 3.29. The van der Waals surface area contributed by atoms with Crippen molar-refractivity contribution < 1.29 is 8.42 Å². The Morgan fingerprint density at radius 3 is 2.36 bits per heavy atom. The number of allylic oxidation sites excluding steroid dienone is 1. The molecule has 240 valence electrons. The Hall–Kier alpha value is -0.430. The first kappa shape index (κ1) is 31.5. The minimum absolute atomic E-state index is 0.252. The van der Waals surface area contributed by atoms with Gasteiger partial charge in [0.25, 0.3) is 0 Å². The molecule has 9 atom stereocenters. The Morgan fingerprint density at radius 1 is 0.905 bits per heavy atom. The van der Waals surface area contributed by atoms with Gasteiger partial charge in [0.15, 0.2) is 9.84 Å². The van der Waals surface area contributed by atoms with E-state index >= 15 is 0 Å². The average molecular weight is 602 g/mol. The van der Waals surface area contributed by atoms with Crippen molar-refractivity contribution in [1.29, 1.82) is 0 Å². The maximum absolute atomic E-state index is 11.8. The quantitative estimate of drug-likeness (QED) is 0.265. The largest absolute Gasteiger partial charge is 0.316 e. The number of rotatable bonds is 7. The number of hydrogen-bond acceptors (Lipinski definition) is 5. The highest BCUT2D eigenvalue weighted by atomic mass is 32.2. The summed E-state index contributed by atoms with van der Waals surface area (Å²) in [5, 5.41) is 7.89. The number of fused-ring (bicyclic) bond motifs is 7. The van der Waals surface area contributed by atoms with Gasteiger partial charge in [-0.25, -0.2) is 8.42 Å². The van der Waals surface area contributed by atoms with Crippen LogP contribution in [-0.2, 0) is 9.84 Å². The molecule has 6 rings (SSSR count). The minimum Gasteiger partial charge on any atom is -0.316 e. The summed E-state index contributed by atoms with van der Waals surface area (Å²) in [4.78, 5) is 2.35. The molecule has 0 aromatic rings. The van der Waals surface area contributed by atoms with Crippen LogP contribution in [0.2, 0.25) is 0 Å². The van der Waals surface area contributed by atoms with Gasteiger partial charge in [-0.1, -0.05) is 32.9 Å². The molecule has 0 radical (unpaired) electrons. The topological polar surface area (TPSA) is 61.4 Å². The van der Waals surface area contributed by atoms with E-state index in [1.54, 1.807) is 0 Å². The SMILES string of the molecule is C=C(C)[C@@H]1CC[C@]2(CNCCCN3CCS(=O)(=O)CC3)CC[C@]3(C)[C@H](CC[C@@H]4[C@@]5(C)CCNC(C)(C)[C@@H]5CC[C@]43C)[C@@H]12. The third-order valence-corrected chi connectivity index (χ3v) is 17.0. The predicted molar refractivity (Wildman–Crippen MR) is 175 cm³/mol. The zero-order chi connectivity index (χ0) is 30.2. The molecule has 5 nitrogen and oxygen atoms in total. The Bertz CT molecular complexity index is 1140. The molecule has 2 aliphatic heterocycles. The van der Waals surface area contributed by atoms with Gasteiger partial charge < -0.3 is 15.5 Å². The standard InChI is InChI=1S/C36H63N3O2S/c1-26(2)27-11-14-36(25-37-18-8-20-39-21-23-42(40,41)24-22-39)16-15-34(6)28(31(27)36)9-10-30-33(5)17-19-38-32(3,4)29(33)12-13-35(30,34)7/h27-31,37-38H,1,8-25H2,2-7H3/t27-,28+,29-,30+,31+,33-,34+,35+,36+/m0/s1. The molecule has 0 unspecified atom stereocenters. The number of nitrogens with one attached hydrogen (secondary N) is 2. The number of hydrogen-bond donors (Lipinski definition) is 2. The van der Waals surface area contributed by atoms with Crippen molar-refractivity contribution in [3.63, 3.8) is 0 Å². The summed E-state index contributed by atoms with van der Waals surface area (Å²) in [5.41, 5.74) is 3.40. The van der Waals surface area contributed by atoms with E-state index in [1.165, 1.54) is 69.9 Å². The van der Waals surface area contributed by atoms with Gasteiger partial charge in [0.05, 0.1) is 11.5 Å². The summed E-state index contributed by atoms with van der Waals surface area (Å²) in [6, 6.07) is 0. The number of nitrogens with zero attached hydrogens (tertiary/aromatic N) is 1.